The normalized spacial score (nSPS) is 10.9. The third-order valence-electron chi connectivity index (χ3n) is 4.38. The Labute approximate surface area is 192 Å². The highest BCUT2D eigenvalue weighted by Gasteiger charge is 2.16. The van der Waals surface area contributed by atoms with E-state index >= 15 is 0 Å². The second-order valence-electron chi connectivity index (χ2n) is 6.63. The fourth-order valence-electron chi connectivity index (χ4n) is 2.74. The molecule has 0 heterocycles. The molecule has 0 fully saturated rings. The lowest BCUT2D eigenvalue weighted by molar-refractivity contribution is -0.385. The Morgan fingerprint density at radius 2 is 1.72 bits per heavy atom. The molecule has 0 spiro atoms. The van der Waals surface area contributed by atoms with E-state index in [1.165, 1.54) is 43.3 Å². The number of halogens is 1. The van der Waals surface area contributed by atoms with Gasteiger partial charge in [-0.1, -0.05) is 22.0 Å². The lowest BCUT2D eigenvalue weighted by atomic mass is 10.1. The Kier molecular flexibility index (Phi) is 7.11. The molecule has 0 radical (unpaired) electrons. The third kappa shape index (κ3) is 5.83. The second kappa shape index (κ2) is 9.79. The van der Waals surface area contributed by atoms with Crippen molar-refractivity contribution in [2.24, 2.45) is 0 Å². The van der Waals surface area contributed by atoms with Gasteiger partial charge in [-0.25, -0.2) is 8.42 Å². The van der Waals surface area contributed by atoms with Crippen molar-refractivity contribution in [3.05, 3.63) is 86.9 Å². The Morgan fingerprint density at radius 3 is 2.34 bits per heavy atom. The number of rotatable bonds is 8. The molecule has 0 aromatic heterocycles. The van der Waals surface area contributed by atoms with Crippen molar-refractivity contribution in [3.63, 3.8) is 0 Å². The zero-order chi connectivity index (χ0) is 23.3. The van der Waals surface area contributed by atoms with Gasteiger partial charge in [-0.3, -0.25) is 19.6 Å². The van der Waals surface area contributed by atoms with Crippen molar-refractivity contribution in [1.82, 2.24) is 0 Å². The van der Waals surface area contributed by atoms with Gasteiger partial charge in [0.25, 0.3) is 21.6 Å². The molecule has 9 nitrogen and oxygen atoms in total. The van der Waals surface area contributed by atoms with Crippen molar-refractivity contribution >= 4 is 48.9 Å². The summed E-state index contributed by atoms with van der Waals surface area (Å²) < 4.78 is 33.7. The molecule has 0 saturated carbocycles. The molecule has 1 amide bonds. The highest BCUT2D eigenvalue weighted by Crippen LogP contribution is 2.25. The molecule has 11 heteroatoms. The van der Waals surface area contributed by atoms with E-state index < -0.39 is 20.9 Å². The number of nitro benzene ring substituents is 1. The smallest absolute Gasteiger partial charge is 0.274 e. The Morgan fingerprint density at radius 1 is 1.06 bits per heavy atom. The van der Waals surface area contributed by atoms with Crippen LogP contribution in [0.3, 0.4) is 0 Å². The lowest BCUT2D eigenvalue weighted by Crippen LogP contribution is -2.21. The summed E-state index contributed by atoms with van der Waals surface area (Å²) in [5, 5.41) is 13.6. The summed E-state index contributed by atoms with van der Waals surface area (Å²) in [5.41, 5.74) is 0.964. The van der Waals surface area contributed by atoms with Crippen LogP contribution in [0.1, 0.15) is 5.56 Å². The van der Waals surface area contributed by atoms with E-state index in [9.17, 15) is 23.3 Å². The first-order chi connectivity index (χ1) is 15.2. The Bertz CT molecular complexity index is 1250. The Hall–Kier alpha value is -3.44. The molecular formula is C21H18BrN3O6S. The van der Waals surface area contributed by atoms with E-state index in [-0.39, 0.29) is 17.2 Å². The van der Waals surface area contributed by atoms with E-state index in [1.54, 1.807) is 30.3 Å². The second-order valence-corrected chi connectivity index (χ2v) is 9.23. The van der Waals surface area contributed by atoms with E-state index in [0.29, 0.717) is 22.7 Å². The van der Waals surface area contributed by atoms with Gasteiger partial charge >= 0.3 is 0 Å². The van der Waals surface area contributed by atoms with Crippen LogP contribution in [0.15, 0.2) is 76.1 Å². The van der Waals surface area contributed by atoms with Crippen LogP contribution in [-0.4, -0.2) is 25.9 Å². The zero-order valence-electron chi connectivity index (χ0n) is 16.7. The van der Waals surface area contributed by atoms with Gasteiger partial charge in [0, 0.05) is 16.2 Å². The van der Waals surface area contributed by atoms with Crippen LogP contribution in [0.5, 0.6) is 5.75 Å². The summed E-state index contributed by atoms with van der Waals surface area (Å²) in [6.45, 7) is 1.18. The summed E-state index contributed by atoms with van der Waals surface area (Å²) in [5.74, 6) is -0.222. The number of carbonyl (C=O) groups excluding carboxylic acids is 1. The zero-order valence-corrected chi connectivity index (χ0v) is 19.1. The predicted molar refractivity (Wildman–Crippen MR) is 123 cm³/mol. The van der Waals surface area contributed by atoms with Gasteiger partial charge in [-0.2, -0.15) is 0 Å². The fraction of sp³-hybridized carbons (Fsp3) is 0.0952. The Balaban J connectivity index is 1.60. The van der Waals surface area contributed by atoms with Gasteiger partial charge in [-0.15, -0.1) is 0 Å². The van der Waals surface area contributed by atoms with Crippen LogP contribution in [0.25, 0.3) is 0 Å². The standard InChI is InChI=1S/C21H18BrN3O6S/c1-14-19(3-2-4-20(14)25(27)28)23-21(26)13-31-17-9-11-18(12-10-17)32(29,30)24-16-7-5-15(22)6-8-16/h2-12,24H,13H2,1H3,(H,23,26). The molecule has 0 aliphatic carbocycles. The molecule has 3 aromatic rings. The maximum absolute atomic E-state index is 12.5. The van der Waals surface area contributed by atoms with E-state index in [1.807, 2.05) is 0 Å². The molecular weight excluding hydrogens is 502 g/mol. The van der Waals surface area contributed by atoms with Gasteiger partial charge in [0.15, 0.2) is 6.61 Å². The summed E-state index contributed by atoms with van der Waals surface area (Å²) in [6, 6.07) is 16.7. The summed E-state index contributed by atoms with van der Waals surface area (Å²) >= 11 is 3.29. The number of nitrogens with zero attached hydrogens (tertiary/aromatic N) is 1. The van der Waals surface area contributed by atoms with Gasteiger partial charge in [0.1, 0.15) is 5.75 Å². The third-order valence-corrected chi connectivity index (χ3v) is 6.30. The van der Waals surface area contributed by atoms with Gasteiger partial charge in [0.2, 0.25) is 0 Å². The summed E-state index contributed by atoms with van der Waals surface area (Å²) in [6.07, 6.45) is 0. The largest absolute Gasteiger partial charge is 0.484 e. The fourth-order valence-corrected chi connectivity index (χ4v) is 4.06. The molecule has 0 bridgehead atoms. The maximum atomic E-state index is 12.5. The first-order valence-corrected chi connectivity index (χ1v) is 11.5. The molecule has 2 N–H and O–H groups in total. The monoisotopic (exact) mass is 519 g/mol. The molecule has 3 aromatic carbocycles. The van der Waals surface area contributed by atoms with Crippen molar-refractivity contribution in [2.75, 3.05) is 16.6 Å². The van der Waals surface area contributed by atoms with Gasteiger partial charge in [-0.05, 0) is 61.5 Å². The van der Waals surface area contributed by atoms with E-state index in [0.717, 1.165) is 4.47 Å². The number of nitro groups is 1. The van der Waals surface area contributed by atoms with Crippen LogP contribution in [-0.2, 0) is 14.8 Å². The minimum absolute atomic E-state index is 0.0319. The number of amides is 1. The highest BCUT2D eigenvalue weighted by atomic mass is 79.9. The number of ether oxygens (including phenoxy) is 1. The lowest BCUT2D eigenvalue weighted by Gasteiger charge is -2.11. The van der Waals surface area contributed by atoms with Crippen LogP contribution in [0.2, 0.25) is 0 Å². The molecule has 0 saturated heterocycles. The van der Waals surface area contributed by atoms with Gasteiger partial charge < -0.3 is 10.1 Å². The van der Waals surface area contributed by atoms with Crippen LogP contribution >= 0.6 is 15.9 Å². The minimum atomic E-state index is -3.79. The van der Waals surface area contributed by atoms with Crippen LogP contribution < -0.4 is 14.8 Å². The first kappa shape index (κ1) is 23.2. The van der Waals surface area contributed by atoms with Crippen LogP contribution in [0.4, 0.5) is 17.1 Å². The van der Waals surface area contributed by atoms with Crippen molar-refractivity contribution in [3.8, 4) is 5.75 Å². The first-order valence-electron chi connectivity index (χ1n) is 9.21. The average Bonchev–Trinajstić information content (AvgIpc) is 2.75. The number of anilines is 2. The molecule has 32 heavy (non-hydrogen) atoms. The summed E-state index contributed by atoms with van der Waals surface area (Å²) in [7, 11) is -3.79. The predicted octanol–water partition coefficient (Wildman–Crippen LogP) is 4.48. The highest BCUT2D eigenvalue weighted by molar-refractivity contribution is 9.10. The molecule has 0 aliphatic heterocycles. The topological polar surface area (TPSA) is 128 Å². The number of carbonyl (C=O) groups is 1. The quantitative estimate of drug-likeness (QED) is 0.333. The van der Waals surface area contributed by atoms with Gasteiger partial charge in [0.05, 0.1) is 21.1 Å². The van der Waals surface area contributed by atoms with Crippen LogP contribution in [0, 0.1) is 17.0 Å². The maximum Gasteiger partial charge on any atom is 0.274 e. The number of sulfonamides is 1. The summed E-state index contributed by atoms with van der Waals surface area (Å²) in [4.78, 5) is 22.7. The van der Waals surface area contributed by atoms with Crippen molar-refractivity contribution < 1.29 is 22.9 Å². The molecule has 0 atom stereocenters. The minimum Gasteiger partial charge on any atom is -0.484 e. The van der Waals surface area contributed by atoms with E-state index in [4.69, 9.17) is 4.74 Å². The number of hydrogen-bond donors (Lipinski definition) is 2. The molecule has 3 rings (SSSR count). The van der Waals surface area contributed by atoms with E-state index in [2.05, 4.69) is 26.0 Å². The number of hydrogen-bond acceptors (Lipinski definition) is 6. The van der Waals surface area contributed by atoms with Crippen molar-refractivity contribution in [1.29, 1.82) is 0 Å². The number of nitrogens with one attached hydrogen (secondary N) is 2. The molecule has 166 valence electrons. The SMILES string of the molecule is Cc1c(NC(=O)COc2ccc(S(=O)(=O)Nc3ccc(Br)cc3)cc2)cccc1[N+](=O)[O-]. The average molecular weight is 520 g/mol. The van der Waals surface area contributed by atoms with Crippen molar-refractivity contribution in [2.45, 2.75) is 11.8 Å². The molecule has 0 unspecified atom stereocenters. The number of benzene rings is 3. The molecule has 0 aliphatic rings.